The highest BCUT2D eigenvalue weighted by Gasteiger charge is 2.45. The minimum Gasteiger partial charge on any atom is -0.493 e. The van der Waals surface area contributed by atoms with Gasteiger partial charge in [0, 0.05) is 35.5 Å². The third-order valence-electron chi connectivity index (χ3n) is 7.26. The first kappa shape index (κ1) is 21.8. The Morgan fingerprint density at radius 2 is 2.09 bits per heavy atom. The van der Waals surface area contributed by atoms with Gasteiger partial charge in [0.05, 0.1) is 42.2 Å². The van der Waals surface area contributed by atoms with Gasteiger partial charge in [-0.05, 0) is 29.7 Å². The van der Waals surface area contributed by atoms with Gasteiger partial charge < -0.3 is 30.2 Å². The highest BCUT2D eigenvalue weighted by atomic mass is 16.6. The number of cyclic esters (lactones) is 1. The van der Waals surface area contributed by atoms with Crippen LogP contribution in [0.5, 0.6) is 5.75 Å². The van der Waals surface area contributed by atoms with Crippen LogP contribution in [0.25, 0.3) is 22.3 Å². The van der Waals surface area contributed by atoms with Crippen molar-refractivity contribution in [3.05, 3.63) is 56.4 Å². The number of benzene rings is 1. The van der Waals surface area contributed by atoms with Crippen molar-refractivity contribution < 1.29 is 24.2 Å². The van der Waals surface area contributed by atoms with Gasteiger partial charge in [-0.25, -0.2) is 9.78 Å². The SMILES string of the molecule is CC[C@@]1(O)C(=O)OCc2c1cc1n(c2=O)Cc2c-1nc1cc3c(cc1c2CNC(=O)CN)CCO3. The second-order valence-electron chi connectivity index (χ2n) is 9.08. The Hall–Kier alpha value is -3.76. The standard InChI is InChI=1S/C25H24N4O6/c1-2-25(33)17-6-19-22-15(10-29(19)23(31)16(17)11-35-24(25)32)14(9-27-21(30)8-26)13-5-12-3-4-34-20(12)7-18(13)28-22/h5-7,33H,2-4,8-11,26H2,1H3,(H,27,30)/t25-/m0/s1. The average molecular weight is 476 g/mol. The smallest absolute Gasteiger partial charge is 0.343 e. The van der Waals surface area contributed by atoms with Crippen LogP contribution in [0.1, 0.15) is 41.2 Å². The fourth-order valence-corrected chi connectivity index (χ4v) is 5.30. The van der Waals surface area contributed by atoms with Gasteiger partial charge in [0.1, 0.15) is 12.4 Å². The van der Waals surface area contributed by atoms with Gasteiger partial charge in [-0.1, -0.05) is 6.92 Å². The van der Waals surface area contributed by atoms with Crippen LogP contribution in [0.4, 0.5) is 0 Å². The minimum absolute atomic E-state index is 0.0690. The Labute approximate surface area is 199 Å². The Balaban J connectivity index is 1.60. The summed E-state index contributed by atoms with van der Waals surface area (Å²) in [5.74, 6) is -0.287. The molecule has 0 fully saturated rings. The number of fused-ring (bicyclic) bond motifs is 6. The summed E-state index contributed by atoms with van der Waals surface area (Å²) in [6, 6.07) is 5.59. The number of nitrogens with zero attached hydrogens (tertiary/aromatic N) is 2. The second kappa shape index (κ2) is 7.62. The molecule has 0 unspecified atom stereocenters. The maximum absolute atomic E-state index is 13.5. The summed E-state index contributed by atoms with van der Waals surface area (Å²) < 4.78 is 12.5. The molecule has 10 heteroatoms. The van der Waals surface area contributed by atoms with Crippen LogP contribution in [-0.4, -0.2) is 39.7 Å². The Bertz CT molecular complexity index is 1510. The van der Waals surface area contributed by atoms with Crippen molar-refractivity contribution in [3.8, 4) is 17.1 Å². The first-order valence-electron chi connectivity index (χ1n) is 11.6. The van der Waals surface area contributed by atoms with Crippen LogP contribution < -0.4 is 21.3 Å². The number of carbonyl (C=O) groups excluding carboxylic acids is 2. The molecule has 10 nitrogen and oxygen atoms in total. The lowest BCUT2D eigenvalue weighted by Gasteiger charge is -2.31. The van der Waals surface area contributed by atoms with E-state index in [4.69, 9.17) is 20.2 Å². The maximum atomic E-state index is 13.5. The first-order valence-corrected chi connectivity index (χ1v) is 11.6. The zero-order chi connectivity index (χ0) is 24.5. The van der Waals surface area contributed by atoms with E-state index in [2.05, 4.69) is 5.32 Å². The summed E-state index contributed by atoms with van der Waals surface area (Å²) in [6.07, 6.45) is 0.854. The number of ether oxygens (including phenoxy) is 2. The van der Waals surface area contributed by atoms with Crippen molar-refractivity contribution in [2.75, 3.05) is 13.2 Å². The lowest BCUT2D eigenvalue weighted by Crippen LogP contribution is -2.44. The molecule has 0 aliphatic carbocycles. The number of nitrogens with one attached hydrogen (secondary N) is 1. The summed E-state index contributed by atoms with van der Waals surface area (Å²) in [5.41, 5.74) is 8.27. The number of amides is 1. The van der Waals surface area contributed by atoms with E-state index in [9.17, 15) is 19.5 Å². The number of hydrogen-bond acceptors (Lipinski definition) is 8. The third kappa shape index (κ3) is 3.03. The molecule has 1 atom stereocenters. The molecule has 0 spiro atoms. The molecule has 0 saturated heterocycles. The zero-order valence-corrected chi connectivity index (χ0v) is 19.1. The van der Waals surface area contributed by atoms with Crippen molar-refractivity contribution in [2.45, 2.75) is 45.1 Å². The number of pyridine rings is 2. The van der Waals surface area contributed by atoms with E-state index in [0.29, 0.717) is 23.5 Å². The molecular formula is C25H24N4O6. The molecule has 180 valence electrons. The number of carbonyl (C=O) groups is 2. The second-order valence-corrected chi connectivity index (χ2v) is 9.08. The topological polar surface area (TPSA) is 146 Å². The fraction of sp³-hybridized carbons (Fsp3) is 0.360. The fourth-order valence-electron chi connectivity index (χ4n) is 5.30. The number of aromatic nitrogens is 2. The minimum atomic E-state index is -1.89. The normalized spacial score (nSPS) is 19.5. The predicted octanol–water partition coefficient (Wildman–Crippen LogP) is 0.589. The van der Waals surface area contributed by atoms with E-state index in [0.717, 1.165) is 34.2 Å². The van der Waals surface area contributed by atoms with Gasteiger partial charge in [-0.15, -0.1) is 0 Å². The van der Waals surface area contributed by atoms with Crippen LogP contribution in [0.2, 0.25) is 0 Å². The quantitative estimate of drug-likeness (QED) is 0.363. The largest absolute Gasteiger partial charge is 0.493 e. The lowest BCUT2D eigenvalue weighted by molar-refractivity contribution is -0.172. The molecule has 5 heterocycles. The average Bonchev–Trinajstić information content (AvgIpc) is 3.47. The molecule has 0 saturated carbocycles. The monoisotopic (exact) mass is 476 g/mol. The van der Waals surface area contributed by atoms with Crippen LogP contribution in [0.15, 0.2) is 23.0 Å². The number of rotatable bonds is 4. The van der Waals surface area contributed by atoms with Crippen LogP contribution >= 0.6 is 0 Å². The van der Waals surface area contributed by atoms with Gasteiger partial charge in [-0.3, -0.25) is 9.59 Å². The molecule has 35 heavy (non-hydrogen) atoms. The van der Waals surface area contributed by atoms with Crippen LogP contribution in [0, 0.1) is 0 Å². The van der Waals surface area contributed by atoms with Crippen molar-refractivity contribution in [1.82, 2.24) is 14.9 Å². The molecular weight excluding hydrogens is 452 g/mol. The van der Waals surface area contributed by atoms with Crippen molar-refractivity contribution in [3.63, 3.8) is 0 Å². The molecule has 0 bridgehead atoms. The van der Waals surface area contributed by atoms with Gasteiger partial charge in [-0.2, -0.15) is 0 Å². The van der Waals surface area contributed by atoms with E-state index >= 15 is 0 Å². The first-order chi connectivity index (χ1) is 16.9. The van der Waals surface area contributed by atoms with E-state index in [-0.39, 0.29) is 55.3 Å². The highest BCUT2D eigenvalue weighted by Crippen LogP contribution is 2.41. The van der Waals surface area contributed by atoms with E-state index in [1.807, 2.05) is 12.1 Å². The molecule has 3 aliphatic heterocycles. The number of hydrogen-bond donors (Lipinski definition) is 3. The number of aliphatic hydroxyl groups is 1. The number of esters is 1. The molecule has 3 aromatic rings. The molecule has 1 aromatic carbocycles. The third-order valence-corrected chi connectivity index (χ3v) is 7.26. The number of nitrogens with two attached hydrogens (primary N) is 1. The highest BCUT2D eigenvalue weighted by molar-refractivity contribution is 5.91. The van der Waals surface area contributed by atoms with Gasteiger partial charge in [0.25, 0.3) is 5.56 Å². The van der Waals surface area contributed by atoms with E-state index < -0.39 is 11.6 Å². The van der Waals surface area contributed by atoms with Gasteiger partial charge in [0.2, 0.25) is 5.91 Å². The summed E-state index contributed by atoms with van der Waals surface area (Å²) in [4.78, 5) is 42.8. The molecule has 6 rings (SSSR count). The Kier molecular flexibility index (Phi) is 4.74. The molecule has 2 aromatic heterocycles. The van der Waals surface area contributed by atoms with Crippen molar-refractivity contribution in [2.24, 2.45) is 5.73 Å². The molecule has 1 amide bonds. The Morgan fingerprint density at radius 3 is 2.86 bits per heavy atom. The maximum Gasteiger partial charge on any atom is 0.343 e. The van der Waals surface area contributed by atoms with Crippen molar-refractivity contribution >= 4 is 22.8 Å². The van der Waals surface area contributed by atoms with Crippen LogP contribution in [-0.2, 0) is 46.0 Å². The molecule has 3 aliphatic rings. The summed E-state index contributed by atoms with van der Waals surface area (Å²) in [6.45, 7) is 2.41. The van der Waals surface area contributed by atoms with E-state index in [1.54, 1.807) is 17.6 Å². The van der Waals surface area contributed by atoms with Gasteiger partial charge >= 0.3 is 5.97 Å². The predicted molar refractivity (Wildman–Crippen MR) is 125 cm³/mol. The Morgan fingerprint density at radius 1 is 1.26 bits per heavy atom. The van der Waals surface area contributed by atoms with Gasteiger partial charge in [0.15, 0.2) is 5.60 Å². The zero-order valence-electron chi connectivity index (χ0n) is 19.1. The van der Waals surface area contributed by atoms with Crippen molar-refractivity contribution in [1.29, 1.82) is 0 Å². The molecule has 4 N–H and O–H groups in total. The summed E-state index contributed by atoms with van der Waals surface area (Å²) >= 11 is 0. The van der Waals surface area contributed by atoms with Crippen LogP contribution in [0.3, 0.4) is 0 Å². The molecule has 0 radical (unpaired) electrons. The summed E-state index contributed by atoms with van der Waals surface area (Å²) in [7, 11) is 0. The van der Waals surface area contributed by atoms with E-state index in [1.165, 1.54) is 0 Å². The summed E-state index contributed by atoms with van der Waals surface area (Å²) in [5, 5.41) is 14.8. The lowest BCUT2D eigenvalue weighted by atomic mass is 9.86.